The number of anilines is 1. The number of halogens is 3. The molecular weight excluding hydrogens is 424 g/mol. The van der Waals surface area contributed by atoms with E-state index < -0.39 is 12.0 Å². The molecule has 2 aromatic heterocycles. The van der Waals surface area contributed by atoms with Crippen LogP contribution in [0.2, 0.25) is 5.15 Å². The lowest BCUT2D eigenvalue weighted by atomic mass is 9.95. The zero-order valence-electron chi connectivity index (χ0n) is 17.4. The summed E-state index contributed by atoms with van der Waals surface area (Å²) in [6.07, 6.45) is 6.84. The Morgan fingerprint density at radius 2 is 2.00 bits per heavy atom. The molecule has 2 aromatic rings. The van der Waals surface area contributed by atoms with E-state index in [4.69, 9.17) is 21.3 Å². The molecule has 4 aliphatic rings. The first-order valence-electron chi connectivity index (χ1n) is 11.3. The Bertz CT molecular complexity index is 1010. The minimum atomic E-state index is -0.830. The number of nitrogens with zero attached hydrogens (tertiary/aromatic N) is 5. The number of aromatic nitrogens is 3. The first-order valence-corrected chi connectivity index (χ1v) is 11.7. The first-order chi connectivity index (χ1) is 15.0. The summed E-state index contributed by atoms with van der Waals surface area (Å²) in [7, 11) is 0. The highest BCUT2D eigenvalue weighted by Gasteiger charge is 2.49. The molecule has 1 saturated carbocycles. The molecule has 4 fully saturated rings. The molecule has 31 heavy (non-hydrogen) atoms. The van der Waals surface area contributed by atoms with Gasteiger partial charge in [-0.1, -0.05) is 11.6 Å². The topological polar surface area (TPSA) is 54.4 Å². The molecule has 0 aromatic carbocycles. The quantitative estimate of drug-likeness (QED) is 0.657. The largest absolute Gasteiger partial charge is 0.461 e. The predicted octanol–water partition coefficient (Wildman–Crippen LogP) is 4.01. The number of piperidine rings is 1. The maximum absolute atomic E-state index is 14.9. The molecule has 3 unspecified atom stereocenters. The van der Waals surface area contributed by atoms with E-state index in [2.05, 4.69) is 19.8 Å². The van der Waals surface area contributed by atoms with Gasteiger partial charge >= 0.3 is 6.01 Å². The third-order valence-electron chi connectivity index (χ3n) is 7.74. The van der Waals surface area contributed by atoms with Gasteiger partial charge in [0.15, 0.2) is 11.0 Å². The number of fused-ring (bicyclic) bond motifs is 4. The number of hydrogen-bond donors (Lipinski definition) is 0. The van der Waals surface area contributed by atoms with Crippen molar-refractivity contribution in [2.45, 2.75) is 50.2 Å². The number of hydrogen-bond acceptors (Lipinski definition) is 6. The summed E-state index contributed by atoms with van der Waals surface area (Å²) in [4.78, 5) is 17.5. The number of rotatable bonds is 4. The molecule has 9 heteroatoms. The summed E-state index contributed by atoms with van der Waals surface area (Å²) in [6, 6.07) is 0.130. The minimum Gasteiger partial charge on any atom is -0.461 e. The number of pyridine rings is 1. The van der Waals surface area contributed by atoms with Crippen LogP contribution >= 0.6 is 11.6 Å². The maximum atomic E-state index is 14.9. The van der Waals surface area contributed by atoms with Crippen molar-refractivity contribution >= 4 is 28.3 Å². The number of alkyl halides is 1. The van der Waals surface area contributed by atoms with Gasteiger partial charge in [-0.25, -0.2) is 13.8 Å². The minimum absolute atomic E-state index is 0.130. The van der Waals surface area contributed by atoms with Crippen LogP contribution in [0.1, 0.15) is 38.5 Å². The molecule has 2 bridgehead atoms. The van der Waals surface area contributed by atoms with E-state index >= 15 is 0 Å². The average molecular weight is 450 g/mol. The van der Waals surface area contributed by atoms with E-state index in [1.165, 1.54) is 19.3 Å². The van der Waals surface area contributed by atoms with Crippen molar-refractivity contribution < 1.29 is 13.5 Å². The highest BCUT2D eigenvalue weighted by atomic mass is 35.5. The Balaban J connectivity index is 1.36. The Labute approximate surface area is 184 Å². The van der Waals surface area contributed by atoms with Crippen molar-refractivity contribution in [3.05, 3.63) is 17.2 Å². The van der Waals surface area contributed by atoms with E-state index in [1.807, 2.05) is 0 Å². The van der Waals surface area contributed by atoms with Crippen molar-refractivity contribution in [3.63, 3.8) is 0 Å². The fraction of sp³-hybridized carbons (Fsp3) is 0.682. The van der Waals surface area contributed by atoms with Crippen LogP contribution < -0.4 is 9.64 Å². The van der Waals surface area contributed by atoms with Gasteiger partial charge in [0.2, 0.25) is 0 Å². The van der Waals surface area contributed by atoms with Gasteiger partial charge in [-0.05, 0) is 50.5 Å². The second kappa shape index (κ2) is 7.37. The summed E-state index contributed by atoms with van der Waals surface area (Å²) in [5.74, 6) is 1.29. The number of ether oxygens (including phenoxy) is 1. The van der Waals surface area contributed by atoms with Gasteiger partial charge in [0.1, 0.15) is 24.1 Å². The van der Waals surface area contributed by atoms with E-state index in [9.17, 15) is 8.78 Å². The zero-order chi connectivity index (χ0) is 21.2. The van der Waals surface area contributed by atoms with Crippen LogP contribution in [-0.2, 0) is 0 Å². The van der Waals surface area contributed by atoms with Gasteiger partial charge in [-0.3, -0.25) is 4.90 Å². The molecule has 1 aliphatic carbocycles. The monoisotopic (exact) mass is 449 g/mol. The highest BCUT2D eigenvalue weighted by Crippen LogP contribution is 2.42. The zero-order valence-corrected chi connectivity index (χ0v) is 18.1. The normalized spacial score (nSPS) is 32.7. The van der Waals surface area contributed by atoms with Crippen LogP contribution in [0.4, 0.5) is 14.6 Å². The highest BCUT2D eigenvalue weighted by molar-refractivity contribution is 6.30. The van der Waals surface area contributed by atoms with Crippen molar-refractivity contribution in [1.29, 1.82) is 0 Å². The lowest BCUT2D eigenvalue weighted by molar-refractivity contribution is 0.107. The van der Waals surface area contributed by atoms with E-state index in [0.29, 0.717) is 42.6 Å². The summed E-state index contributed by atoms with van der Waals surface area (Å²) in [5.41, 5.74) is -0.176. The molecule has 6 nitrogen and oxygen atoms in total. The summed E-state index contributed by atoms with van der Waals surface area (Å²) < 4.78 is 35.0. The maximum Gasteiger partial charge on any atom is 0.319 e. The van der Waals surface area contributed by atoms with Crippen LogP contribution in [0.3, 0.4) is 0 Å². The molecule has 166 valence electrons. The molecule has 0 N–H and O–H groups in total. The molecule has 0 spiro atoms. The van der Waals surface area contributed by atoms with Gasteiger partial charge in [0, 0.05) is 32.3 Å². The first kappa shape index (κ1) is 19.9. The lowest BCUT2D eigenvalue weighted by Crippen LogP contribution is -2.43. The molecule has 4 atom stereocenters. The Morgan fingerprint density at radius 3 is 2.81 bits per heavy atom. The Hall–Kier alpha value is -1.80. The van der Waals surface area contributed by atoms with Crippen molar-refractivity contribution in [1.82, 2.24) is 19.9 Å². The third-order valence-corrected chi connectivity index (χ3v) is 8.00. The van der Waals surface area contributed by atoms with Crippen LogP contribution in [0, 0.1) is 17.7 Å². The van der Waals surface area contributed by atoms with Crippen LogP contribution in [0.5, 0.6) is 6.01 Å². The van der Waals surface area contributed by atoms with E-state index in [1.54, 1.807) is 6.20 Å². The lowest BCUT2D eigenvalue weighted by Gasteiger charge is -2.34. The molecular formula is C22H26ClF2N5O. The smallest absolute Gasteiger partial charge is 0.319 e. The predicted molar refractivity (Wildman–Crippen MR) is 114 cm³/mol. The molecule has 3 aliphatic heterocycles. The van der Waals surface area contributed by atoms with Gasteiger partial charge in [-0.15, -0.1) is 0 Å². The van der Waals surface area contributed by atoms with Crippen molar-refractivity contribution in [2.75, 3.05) is 37.7 Å². The van der Waals surface area contributed by atoms with E-state index in [0.717, 1.165) is 32.5 Å². The van der Waals surface area contributed by atoms with Gasteiger partial charge < -0.3 is 9.64 Å². The Kier molecular flexibility index (Phi) is 4.72. The fourth-order valence-electron chi connectivity index (χ4n) is 6.33. The average Bonchev–Trinajstić information content (AvgIpc) is 3.40. The molecule has 0 radical (unpaired) electrons. The summed E-state index contributed by atoms with van der Waals surface area (Å²) in [6.45, 7) is 3.45. The van der Waals surface area contributed by atoms with Crippen LogP contribution in [0.25, 0.3) is 10.9 Å². The second-order valence-electron chi connectivity index (χ2n) is 9.77. The van der Waals surface area contributed by atoms with E-state index in [-0.39, 0.29) is 22.2 Å². The summed E-state index contributed by atoms with van der Waals surface area (Å²) in [5, 5.41) is 0.347. The van der Waals surface area contributed by atoms with Gasteiger partial charge in [0.05, 0.1) is 10.9 Å². The molecule has 5 heterocycles. The Morgan fingerprint density at radius 1 is 1.19 bits per heavy atom. The van der Waals surface area contributed by atoms with Gasteiger partial charge in [-0.2, -0.15) is 9.97 Å². The SMILES string of the molecule is Fc1c(Cl)ncc2c(N3CC4CCC(C4)C3)nc(OCC34CCCN3C[C@@H](F)C4)nc12. The second-order valence-corrected chi connectivity index (χ2v) is 10.1. The third kappa shape index (κ3) is 3.33. The van der Waals surface area contributed by atoms with Crippen LogP contribution in [0.15, 0.2) is 6.20 Å². The standard InChI is InChI=1S/C22H26ClF2N5O/c23-19-17(25)18-16(8-26-19)20(29-9-13-2-3-14(6-13)10-29)28-21(27-18)31-12-22-4-1-5-30(22)11-15(24)7-22/h8,13-15H,1-7,9-12H2/t13?,14?,15-,22?/m0/s1. The molecule has 3 saturated heterocycles. The molecule has 6 rings (SSSR count). The van der Waals surface area contributed by atoms with Crippen molar-refractivity contribution in [3.8, 4) is 6.01 Å². The van der Waals surface area contributed by atoms with Crippen LogP contribution in [-0.4, -0.2) is 64.3 Å². The van der Waals surface area contributed by atoms with Crippen molar-refractivity contribution in [2.24, 2.45) is 11.8 Å². The van der Waals surface area contributed by atoms with Gasteiger partial charge in [0.25, 0.3) is 0 Å². The summed E-state index contributed by atoms with van der Waals surface area (Å²) >= 11 is 5.95. The fourth-order valence-corrected chi connectivity index (χ4v) is 6.47. The molecule has 0 amide bonds.